The second kappa shape index (κ2) is 6.34. The van der Waals surface area contributed by atoms with Gasteiger partial charge in [0.2, 0.25) is 0 Å². The van der Waals surface area contributed by atoms with E-state index in [-0.39, 0.29) is 18.5 Å². The molecule has 0 N–H and O–H groups in total. The maximum absolute atomic E-state index is 14.8. The van der Waals surface area contributed by atoms with Crippen LogP contribution in [0, 0.1) is 5.82 Å². The molecule has 2 unspecified atom stereocenters. The largest absolute Gasteiger partial charge is 0.462 e. The van der Waals surface area contributed by atoms with Crippen LogP contribution in [0.5, 0.6) is 0 Å². The number of ether oxygens (including phenoxy) is 2. The normalized spacial score (nSPS) is 25.7. The Morgan fingerprint density at radius 3 is 2.91 bits per heavy atom. The summed E-state index contributed by atoms with van der Waals surface area (Å²) in [4.78, 5) is 14.0. The van der Waals surface area contributed by atoms with Gasteiger partial charge in [0.25, 0.3) is 0 Å². The number of fused-ring (bicyclic) bond motifs is 1. The third kappa shape index (κ3) is 2.63. The molecule has 22 heavy (non-hydrogen) atoms. The molecule has 0 aliphatic carbocycles. The molecule has 2 atom stereocenters. The van der Waals surface area contributed by atoms with Crippen LogP contribution >= 0.6 is 0 Å². The molecule has 120 valence electrons. The Bertz CT molecular complexity index is 575. The molecule has 4 nitrogen and oxygen atoms in total. The minimum Gasteiger partial charge on any atom is -0.462 e. The van der Waals surface area contributed by atoms with Crippen molar-refractivity contribution in [3.8, 4) is 0 Å². The summed E-state index contributed by atoms with van der Waals surface area (Å²) in [5, 5.41) is 0. The quantitative estimate of drug-likeness (QED) is 0.805. The molecule has 0 spiro atoms. The van der Waals surface area contributed by atoms with E-state index in [2.05, 4.69) is 18.7 Å². The SMILES string of the molecule is CCC1COC(c2ccc3c(c2F)CCOC3=O)CN1CC. The molecule has 0 bridgehead atoms. The van der Waals surface area contributed by atoms with Crippen LogP contribution in [0.1, 0.15) is 47.9 Å². The van der Waals surface area contributed by atoms with Crippen molar-refractivity contribution in [1.29, 1.82) is 0 Å². The summed E-state index contributed by atoms with van der Waals surface area (Å²) >= 11 is 0. The third-order valence-electron chi connectivity index (χ3n) is 4.71. The Labute approximate surface area is 130 Å². The Morgan fingerprint density at radius 1 is 1.36 bits per heavy atom. The van der Waals surface area contributed by atoms with Crippen LogP contribution in [0.25, 0.3) is 0 Å². The summed E-state index contributed by atoms with van der Waals surface area (Å²) < 4.78 is 25.7. The lowest BCUT2D eigenvalue weighted by Gasteiger charge is -2.39. The highest BCUT2D eigenvalue weighted by molar-refractivity contribution is 5.92. The van der Waals surface area contributed by atoms with Crippen LogP contribution < -0.4 is 0 Å². The number of likely N-dealkylation sites (N-methyl/N-ethyl adjacent to an activating group) is 1. The molecule has 1 aromatic rings. The number of nitrogens with zero attached hydrogens (tertiary/aromatic N) is 1. The molecule has 0 radical (unpaired) electrons. The number of carbonyl (C=O) groups is 1. The van der Waals surface area contributed by atoms with Gasteiger partial charge in [0.1, 0.15) is 5.82 Å². The van der Waals surface area contributed by atoms with Crippen molar-refractivity contribution in [1.82, 2.24) is 4.90 Å². The van der Waals surface area contributed by atoms with Gasteiger partial charge in [0.15, 0.2) is 0 Å². The molecule has 0 saturated carbocycles. The highest BCUT2D eigenvalue weighted by Crippen LogP contribution is 2.31. The molecule has 1 fully saturated rings. The molecule has 0 amide bonds. The van der Waals surface area contributed by atoms with Crippen LogP contribution in [0.2, 0.25) is 0 Å². The van der Waals surface area contributed by atoms with E-state index in [1.807, 2.05) is 0 Å². The van der Waals surface area contributed by atoms with E-state index < -0.39 is 5.97 Å². The highest BCUT2D eigenvalue weighted by atomic mass is 19.1. The first kappa shape index (κ1) is 15.4. The molecular weight excluding hydrogens is 285 g/mol. The molecule has 3 rings (SSSR count). The monoisotopic (exact) mass is 307 g/mol. The van der Waals surface area contributed by atoms with Gasteiger partial charge >= 0.3 is 5.97 Å². The average molecular weight is 307 g/mol. The predicted molar refractivity (Wildman–Crippen MR) is 80.4 cm³/mol. The van der Waals surface area contributed by atoms with Gasteiger partial charge in [-0.3, -0.25) is 4.90 Å². The maximum atomic E-state index is 14.8. The highest BCUT2D eigenvalue weighted by Gasteiger charge is 2.31. The van der Waals surface area contributed by atoms with Crippen molar-refractivity contribution in [2.45, 2.75) is 38.8 Å². The summed E-state index contributed by atoms with van der Waals surface area (Å²) in [6.07, 6.45) is 1.19. The molecule has 5 heteroatoms. The van der Waals surface area contributed by atoms with Gasteiger partial charge in [-0.2, -0.15) is 0 Å². The number of esters is 1. The standard InChI is InChI=1S/C17H22FNO3/c1-3-11-10-22-15(9-19(11)4-2)14-6-5-13-12(16(14)18)7-8-21-17(13)20/h5-6,11,15H,3-4,7-10H2,1-2H3. The molecule has 2 aliphatic heterocycles. The van der Waals surface area contributed by atoms with Crippen LogP contribution in [0.3, 0.4) is 0 Å². The van der Waals surface area contributed by atoms with Gasteiger partial charge in [0.05, 0.1) is 24.9 Å². The van der Waals surface area contributed by atoms with Crippen LogP contribution in [-0.2, 0) is 15.9 Å². The first-order chi connectivity index (χ1) is 10.7. The zero-order valence-electron chi connectivity index (χ0n) is 13.1. The minimum absolute atomic E-state index is 0.247. The van der Waals surface area contributed by atoms with Gasteiger partial charge in [-0.05, 0) is 19.0 Å². The molecule has 0 aromatic heterocycles. The number of halogens is 1. The van der Waals surface area contributed by atoms with E-state index >= 15 is 0 Å². The van der Waals surface area contributed by atoms with E-state index in [9.17, 15) is 9.18 Å². The van der Waals surface area contributed by atoms with Crippen molar-refractivity contribution in [2.24, 2.45) is 0 Å². The Kier molecular flexibility index (Phi) is 4.45. The van der Waals surface area contributed by atoms with Gasteiger partial charge in [0, 0.05) is 30.1 Å². The fourth-order valence-electron chi connectivity index (χ4n) is 3.35. The zero-order valence-corrected chi connectivity index (χ0v) is 13.1. The van der Waals surface area contributed by atoms with Crippen molar-refractivity contribution < 1.29 is 18.7 Å². The number of hydrogen-bond donors (Lipinski definition) is 0. The lowest BCUT2D eigenvalue weighted by molar-refractivity contribution is -0.0655. The van der Waals surface area contributed by atoms with Gasteiger partial charge < -0.3 is 9.47 Å². The van der Waals surface area contributed by atoms with Crippen molar-refractivity contribution in [2.75, 3.05) is 26.3 Å². The lowest BCUT2D eigenvalue weighted by Crippen LogP contribution is -2.46. The first-order valence-electron chi connectivity index (χ1n) is 7.99. The number of benzene rings is 1. The van der Waals surface area contributed by atoms with Gasteiger partial charge in [-0.1, -0.05) is 19.9 Å². The van der Waals surface area contributed by atoms with Crippen molar-refractivity contribution in [3.63, 3.8) is 0 Å². The van der Waals surface area contributed by atoms with Crippen LogP contribution in [-0.4, -0.2) is 43.2 Å². The first-order valence-corrected chi connectivity index (χ1v) is 7.99. The average Bonchev–Trinajstić information content (AvgIpc) is 2.55. The minimum atomic E-state index is -0.433. The zero-order chi connectivity index (χ0) is 15.7. The Hall–Kier alpha value is -1.46. The fraction of sp³-hybridized carbons (Fsp3) is 0.588. The summed E-state index contributed by atoms with van der Waals surface area (Å²) in [5.74, 6) is -0.734. The number of carbonyl (C=O) groups excluding carboxylic acids is 1. The molecule has 2 aliphatic rings. The number of hydrogen-bond acceptors (Lipinski definition) is 4. The van der Waals surface area contributed by atoms with E-state index in [4.69, 9.17) is 9.47 Å². The molecule has 2 heterocycles. The summed E-state index contributed by atoms with van der Waals surface area (Å²) in [6, 6.07) is 3.74. The van der Waals surface area contributed by atoms with Gasteiger partial charge in [-0.25, -0.2) is 9.18 Å². The summed E-state index contributed by atoms with van der Waals surface area (Å²) in [6.45, 7) is 6.74. The second-order valence-corrected chi connectivity index (χ2v) is 5.85. The van der Waals surface area contributed by atoms with Crippen molar-refractivity contribution in [3.05, 3.63) is 34.6 Å². The topological polar surface area (TPSA) is 38.8 Å². The van der Waals surface area contributed by atoms with E-state index in [1.165, 1.54) is 0 Å². The van der Waals surface area contributed by atoms with Gasteiger partial charge in [-0.15, -0.1) is 0 Å². The number of rotatable bonds is 3. The lowest BCUT2D eigenvalue weighted by atomic mass is 9.95. The van der Waals surface area contributed by atoms with Crippen molar-refractivity contribution >= 4 is 5.97 Å². The van der Waals surface area contributed by atoms with E-state index in [0.717, 1.165) is 13.0 Å². The van der Waals surface area contributed by atoms with Crippen LogP contribution in [0.15, 0.2) is 12.1 Å². The summed E-state index contributed by atoms with van der Waals surface area (Å²) in [5.41, 5.74) is 1.38. The number of cyclic esters (lactones) is 1. The smallest absolute Gasteiger partial charge is 0.338 e. The maximum Gasteiger partial charge on any atom is 0.338 e. The number of morpholine rings is 1. The summed E-state index contributed by atoms with van der Waals surface area (Å²) in [7, 11) is 0. The predicted octanol–water partition coefficient (Wildman–Crippen LogP) is 2.71. The third-order valence-corrected chi connectivity index (χ3v) is 4.71. The fourth-order valence-corrected chi connectivity index (χ4v) is 3.35. The Morgan fingerprint density at radius 2 is 2.18 bits per heavy atom. The molecule has 1 saturated heterocycles. The van der Waals surface area contributed by atoms with E-state index in [0.29, 0.717) is 42.3 Å². The second-order valence-electron chi connectivity index (χ2n) is 5.85. The molecule has 1 aromatic carbocycles. The molecular formula is C17H22FNO3. The van der Waals surface area contributed by atoms with Crippen LogP contribution in [0.4, 0.5) is 4.39 Å². The Balaban J connectivity index is 1.88. The van der Waals surface area contributed by atoms with E-state index in [1.54, 1.807) is 12.1 Å².